The predicted molar refractivity (Wildman–Crippen MR) is 148 cm³/mol. The standard InChI is InChI=1S/C33H28N2/c1-33(2)29-20-12-13-21-31(29)35(27-18-10-5-11-19-27)32-23-22-28(24-30(32)33)34(25-14-6-3-7-15-25)26-16-8-4-9-17-26/h3-24H,1-2H3. The molecule has 0 amide bonds. The number of benzene rings is 5. The van der Waals surface area contributed by atoms with Crippen LogP contribution in [0.5, 0.6) is 0 Å². The van der Waals surface area contributed by atoms with Crippen molar-refractivity contribution < 1.29 is 0 Å². The molecule has 0 fully saturated rings. The van der Waals surface area contributed by atoms with E-state index in [0.717, 1.165) is 17.1 Å². The molecule has 2 heteroatoms. The first-order valence-corrected chi connectivity index (χ1v) is 12.1. The zero-order valence-electron chi connectivity index (χ0n) is 20.1. The molecule has 0 spiro atoms. The van der Waals surface area contributed by atoms with Gasteiger partial charge in [-0.05, 0) is 71.8 Å². The van der Waals surface area contributed by atoms with E-state index < -0.39 is 0 Å². The van der Waals surface area contributed by atoms with Crippen molar-refractivity contribution >= 4 is 34.1 Å². The number of fused-ring (bicyclic) bond motifs is 2. The Bertz CT molecular complexity index is 1420. The Balaban J connectivity index is 1.58. The monoisotopic (exact) mass is 452 g/mol. The van der Waals surface area contributed by atoms with E-state index in [-0.39, 0.29) is 5.41 Å². The highest BCUT2D eigenvalue weighted by Gasteiger charge is 2.37. The molecule has 0 atom stereocenters. The first kappa shape index (κ1) is 21.2. The van der Waals surface area contributed by atoms with Crippen LogP contribution in [-0.2, 0) is 5.41 Å². The lowest BCUT2D eigenvalue weighted by atomic mass is 9.73. The van der Waals surface area contributed by atoms with Crippen molar-refractivity contribution in [2.75, 3.05) is 9.80 Å². The van der Waals surface area contributed by atoms with Gasteiger partial charge in [0.25, 0.3) is 0 Å². The summed E-state index contributed by atoms with van der Waals surface area (Å²) in [6.45, 7) is 4.68. The highest BCUT2D eigenvalue weighted by atomic mass is 15.2. The Morgan fingerprint density at radius 1 is 0.486 bits per heavy atom. The minimum Gasteiger partial charge on any atom is -0.310 e. The van der Waals surface area contributed by atoms with Crippen LogP contribution in [0, 0.1) is 0 Å². The minimum absolute atomic E-state index is 0.147. The van der Waals surface area contributed by atoms with Crippen LogP contribution < -0.4 is 9.80 Å². The molecule has 0 saturated heterocycles. The number of anilines is 6. The van der Waals surface area contributed by atoms with Crippen LogP contribution >= 0.6 is 0 Å². The summed E-state index contributed by atoms with van der Waals surface area (Å²) in [7, 11) is 0. The Morgan fingerprint density at radius 2 is 1.00 bits per heavy atom. The number of hydrogen-bond donors (Lipinski definition) is 0. The summed E-state index contributed by atoms with van der Waals surface area (Å²) in [6, 6.07) is 47.6. The average Bonchev–Trinajstić information content (AvgIpc) is 2.91. The van der Waals surface area contributed by atoms with E-state index in [0.29, 0.717) is 0 Å². The molecule has 170 valence electrons. The van der Waals surface area contributed by atoms with Gasteiger partial charge in [0.1, 0.15) is 0 Å². The maximum absolute atomic E-state index is 2.40. The SMILES string of the molecule is CC1(C)c2ccccc2N(c2ccccc2)c2ccc(N(c3ccccc3)c3ccccc3)cc21. The summed E-state index contributed by atoms with van der Waals surface area (Å²) in [4.78, 5) is 4.73. The molecule has 0 unspecified atom stereocenters. The van der Waals surface area contributed by atoms with Crippen LogP contribution in [0.1, 0.15) is 25.0 Å². The van der Waals surface area contributed by atoms with Gasteiger partial charge in [-0.15, -0.1) is 0 Å². The van der Waals surface area contributed by atoms with Crippen LogP contribution in [0.4, 0.5) is 34.1 Å². The second-order valence-corrected chi connectivity index (χ2v) is 9.52. The van der Waals surface area contributed by atoms with E-state index in [2.05, 4.69) is 157 Å². The molecule has 2 nitrogen and oxygen atoms in total. The fraction of sp³-hybridized carbons (Fsp3) is 0.0909. The van der Waals surface area contributed by atoms with Crippen molar-refractivity contribution in [1.82, 2.24) is 0 Å². The van der Waals surface area contributed by atoms with Gasteiger partial charge in [0, 0.05) is 28.2 Å². The number of nitrogens with zero attached hydrogens (tertiary/aromatic N) is 2. The Kier molecular flexibility index (Phi) is 5.15. The van der Waals surface area contributed by atoms with E-state index in [1.807, 2.05) is 0 Å². The Morgan fingerprint density at radius 3 is 1.63 bits per heavy atom. The van der Waals surface area contributed by atoms with E-state index in [4.69, 9.17) is 0 Å². The van der Waals surface area contributed by atoms with Gasteiger partial charge in [0.15, 0.2) is 0 Å². The van der Waals surface area contributed by atoms with Crippen molar-refractivity contribution in [1.29, 1.82) is 0 Å². The van der Waals surface area contributed by atoms with Crippen LogP contribution in [0.15, 0.2) is 133 Å². The molecule has 0 N–H and O–H groups in total. The summed E-state index contributed by atoms with van der Waals surface area (Å²) >= 11 is 0. The second-order valence-electron chi connectivity index (χ2n) is 9.52. The molecule has 35 heavy (non-hydrogen) atoms. The van der Waals surface area contributed by atoms with Crippen LogP contribution in [0.2, 0.25) is 0 Å². The zero-order valence-corrected chi connectivity index (χ0v) is 20.1. The van der Waals surface area contributed by atoms with Crippen LogP contribution in [0.25, 0.3) is 0 Å². The molecule has 0 saturated carbocycles. The predicted octanol–water partition coefficient (Wildman–Crippen LogP) is 9.27. The summed E-state index contributed by atoms with van der Waals surface area (Å²) in [5.41, 5.74) is 9.59. The molecular formula is C33H28N2. The largest absolute Gasteiger partial charge is 0.310 e. The molecule has 0 aromatic heterocycles. The van der Waals surface area contributed by atoms with E-state index in [1.54, 1.807) is 0 Å². The zero-order chi connectivity index (χ0) is 23.8. The molecule has 0 radical (unpaired) electrons. The van der Waals surface area contributed by atoms with Crippen molar-refractivity contribution in [3.8, 4) is 0 Å². The maximum atomic E-state index is 2.40. The van der Waals surface area contributed by atoms with Crippen molar-refractivity contribution in [3.63, 3.8) is 0 Å². The highest BCUT2D eigenvalue weighted by molar-refractivity contribution is 5.88. The summed E-state index contributed by atoms with van der Waals surface area (Å²) in [5, 5.41) is 0. The van der Waals surface area contributed by atoms with Crippen molar-refractivity contribution in [3.05, 3.63) is 145 Å². The summed E-state index contributed by atoms with van der Waals surface area (Å²) in [6.07, 6.45) is 0. The normalized spacial score (nSPS) is 13.6. The van der Waals surface area contributed by atoms with Gasteiger partial charge < -0.3 is 9.80 Å². The molecule has 0 aliphatic carbocycles. The molecule has 1 heterocycles. The van der Waals surface area contributed by atoms with E-state index in [1.165, 1.54) is 28.2 Å². The average molecular weight is 453 g/mol. The lowest BCUT2D eigenvalue weighted by molar-refractivity contribution is 0.632. The topological polar surface area (TPSA) is 6.48 Å². The number of hydrogen-bond acceptors (Lipinski definition) is 2. The molecule has 5 aromatic carbocycles. The second kappa shape index (κ2) is 8.48. The van der Waals surface area contributed by atoms with E-state index in [9.17, 15) is 0 Å². The van der Waals surface area contributed by atoms with Gasteiger partial charge >= 0.3 is 0 Å². The fourth-order valence-corrected chi connectivity index (χ4v) is 5.29. The van der Waals surface area contributed by atoms with Crippen molar-refractivity contribution in [2.24, 2.45) is 0 Å². The first-order valence-electron chi connectivity index (χ1n) is 12.1. The molecule has 1 aliphatic rings. The molecule has 6 rings (SSSR count). The lowest BCUT2D eigenvalue weighted by Gasteiger charge is -2.42. The molecule has 5 aromatic rings. The third-order valence-electron chi connectivity index (χ3n) is 7.01. The fourth-order valence-electron chi connectivity index (χ4n) is 5.29. The summed E-state index contributed by atoms with van der Waals surface area (Å²) < 4.78 is 0. The van der Waals surface area contributed by atoms with Crippen LogP contribution in [0.3, 0.4) is 0 Å². The number of rotatable bonds is 4. The molecule has 1 aliphatic heterocycles. The van der Waals surface area contributed by atoms with Gasteiger partial charge in [0.2, 0.25) is 0 Å². The van der Waals surface area contributed by atoms with Crippen LogP contribution in [-0.4, -0.2) is 0 Å². The highest BCUT2D eigenvalue weighted by Crippen LogP contribution is 2.53. The summed E-state index contributed by atoms with van der Waals surface area (Å²) in [5.74, 6) is 0. The molecular weight excluding hydrogens is 424 g/mol. The third kappa shape index (κ3) is 3.59. The molecule has 0 bridgehead atoms. The third-order valence-corrected chi connectivity index (χ3v) is 7.01. The Hall–Kier alpha value is -4.30. The Labute approximate surface area is 207 Å². The lowest BCUT2D eigenvalue weighted by Crippen LogP contribution is -2.30. The maximum Gasteiger partial charge on any atom is 0.0504 e. The van der Waals surface area contributed by atoms with Crippen molar-refractivity contribution in [2.45, 2.75) is 19.3 Å². The number of para-hydroxylation sites is 4. The van der Waals surface area contributed by atoms with Gasteiger partial charge in [-0.1, -0.05) is 86.6 Å². The van der Waals surface area contributed by atoms with Gasteiger partial charge in [-0.2, -0.15) is 0 Å². The van der Waals surface area contributed by atoms with Gasteiger partial charge in [0.05, 0.1) is 11.4 Å². The quantitative estimate of drug-likeness (QED) is 0.268. The van der Waals surface area contributed by atoms with Gasteiger partial charge in [-0.25, -0.2) is 0 Å². The first-order chi connectivity index (χ1) is 17.1. The minimum atomic E-state index is -0.147. The van der Waals surface area contributed by atoms with Gasteiger partial charge in [-0.3, -0.25) is 0 Å². The van der Waals surface area contributed by atoms with E-state index >= 15 is 0 Å². The smallest absolute Gasteiger partial charge is 0.0504 e.